The molecule has 1 aromatic carbocycles. The highest BCUT2D eigenvalue weighted by atomic mass is 35.5. The second-order valence-electron chi connectivity index (χ2n) is 4.57. The van der Waals surface area contributed by atoms with Crippen LogP contribution in [-0.2, 0) is 11.2 Å². The van der Waals surface area contributed by atoms with Crippen molar-refractivity contribution in [2.75, 3.05) is 19.8 Å². The van der Waals surface area contributed by atoms with Gasteiger partial charge in [-0.25, -0.2) is 0 Å². The highest BCUT2D eigenvalue weighted by Gasteiger charge is 2.31. The van der Waals surface area contributed by atoms with Crippen LogP contribution in [-0.4, -0.2) is 24.9 Å². The summed E-state index contributed by atoms with van der Waals surface area (Å²) in [7, 11) is 0. The van der Waals surface area contributed by atoms with E-state index in [1.807, 2.05) is 24.3 Å². The first-order valence-corrected chi connectivity index (χ1v) is 6.05. The molecular formula is C13H17ClO2. The van der Waals surface area contributed by atoms with Crippen LogP contribution in [0.25, 0.3) is 0 Å². The minimum Gasteiger partial charge on any atom is -0.396 e. The topological polar surface area (TPSA) is 29.5 Å². The van der Waals surface area contributed by atoms with Crippen molar-refractivity contribution in [2.24, 2.45) is 5.41 Å². The molecule has 1 aromatic rings. The third-order valence-corrected chi connectivity index (χ3v) is 3.63. The van der Waals surface area contributed by atoms with Crippen LogP contribution in [0.15, 0.2) is 24.3 Å². The van der Waals surface area contributed by atoms with E-state index in [0.29, 0.717) is 0 Å². The summed E-state index contributed by atoms with van der Waals surface area (Å²) >= 11 is 5.85. The van der Waals surface area contributed by atoms with Crippen molar-refractivity contribution < 1.29 is 9.84 Å². The van der Waals surface area contributed by atoms with Gasteiger partial charge in [0.1, 0.15) is 0 Å². The summed E-state index contributed by atoms with van der Waals surface area (Å²) in [5.41, 5.74) is 1.24. The zero-order chi connectivity index (χ0) is 11.4. The minimum absolute atomic E-state index is 0.00603. The average Bonchev–Trinajstić information content (AvgIpc) is 2.33. The Morgan fingerprint density at radius 3 is 2.38 bits per heavy atom. The van der Waals surface area contributed by atoms with Crippen molar-refractivity contribution in [3.63, 3.8) is 0 Å². The quantitative estimate of drug-likeness (QED) is 0.880. The molecule has 0 radical (unpaired) electrons. The highest BCUT2D eigenvalue weighted by Crippen LogP contribution is 2.33. The maximum Gasteiger partial charge on any atom is 0.0492 e. The van der Waals surface area contributed by atoms with Gasteiger partial charge in [0, 0.05) is 30.3 Å². The summed E-state index contributed by atoms with van der Waals surface area (Å²) in [6.07, 6.45) is 2.78. The zero-order valence-electron chi connectivity index (χ0n) is 9.29. The summed E-state index contributed by atoms with van der Waals surface area (Å²) in [5, 5.41) is 10.3. The van der Waals surface area contributed by atoms with Gasteiger partial charge in [0.15, 0.2) is 0 Å². The maximum atomic E-state index is 9.58. The standard InChI is InChI=1S/C13H17ClO2/c14-12-3-1-11(2-4-12)9-13(10-15)5-7-16-8-6-13/h1-4,15H,5-10H2. The number of aliphatic hydroxyl groups excluding tert-OH is 1. The molecule has 1 heterocycles. The van der Waals surface area contributed by atoms with E-state index in [1.54, 1.807) is 0 Å². The summed E-state index contributed by atoms with van der Waals surface area (Å²) in [5.74, 6) is 0. The molecule has 2 nitrogen and oxygen atoms in total. The number of benzene rings is 1. The van der Waals surface area contributed by atoms with E-state index in [-0.39, 0.29) is 12.0 Å². The Labute approximate surface area is 101 Å². The Kier molecular flexibility index (Phi) is 3.85. The molecule has 0 spiro atoms. The molecule has 1 N–H and O–H groups in total. The van der Waals surface area contributed by atoms with Gasteiger partial charge in [-0.2, -0.15) is 0 Å². The smallest absolute Gasteiger partial charge is 0.0492 e. The zero-order valence-corrected chi connectivity index (χ0v) is 10.0. The molecule has 0 unspecified atom stereocenters. The Morgan fingerprint density at radius 1 is 1.19 bits per heavy atom. The molecule has 1 saturated heterocycles. The second kappa shape index (κ2) is 5.17. The highest BCUT2D eigenvalue weighted by molar-refractivity contribution is 6.30. The van der Waals surface area contributed by atoms with Crippen LogP contribution in [0.5, 0.6) is 0 Å². The van der Waals surface area contributed by atoms with Crippen LogP contribution in [0.1, 0.15) is 18.4 Å². The van der Waals surface area contributed by atoms with Crippen LogP contribution in [0.4, 0.5) is 0 Å². The molecule has 0 bridgehead atoms. The van der Waals surface area contributed by atoms with E-state index in [2.05, 4.69) is 0 Å². The number of rotatable bonds is 3. The Hall–Kier alpha value is -0.570. The fraction of sp³-hybridized carbons (Fsp3) is 0.538. The third kappa shape index (κ3) is 2.76. The van der Waals surface area contributed by atoms with E-state index in [4.69, 9.17) is 16.3 Å². The lowest BCUT2D eigenvalue weighted by Crippen LogP contribution is -2.35. The van der Waals surface area contributed by atoms with Gasteiger partial charge >= 0.3 is 0 Å². The first kappa shape index (κ1) is 11.9. The lowest BCUT2D eigenvalue weighted by Gasteiger charge is -2.35. The Balaban J connectivity index is 2.08. The summed E-state index contributed by atoms with van der Waals surface area (Å²) in [6, 6.07) is 7.88. The van der Waals surface area contributed by atoms with Crippen LogP contribution in [0.3, 0.4) is 0 Å². The molecule has 0 aliphatic carbocycles. The van der Waals surface area contributed by atoms with E-state index >= 15 is 0 Å². The molecule has 16 heavy (non-hydrogen) atoms. The van der Waals surface area contributed by atoms with E-state index in [9.17, 15) is 5.11 Å². The van der Waals surface area contributed by atoms with Gasteiger partial charge in [-0.05, 0) is 37.0 Å². The molecular weight excluding hydrogens is 224 g/mol. The lowest BCUT2D eigenvalue weighted by atomic mass is 9.76. The summed E-state index contributed by atoms with van der Waals surface area (Å²) in [6.45, 7) is 1.75. The fourth-order valence-corrected chi connectivity index (χ4v) is 2.36. The van der Waals surface area contributed by atoms with Crippen molar-refractivity contribution in [1.82, 2.24) is 0 Å². The monoisotopic (exact) mass is 240 g/mol. The van der Waals surface area contributed by atoms with Crippen molar-refractivity contribution in [2.45, 2.75) is 19.3 Å². The molecule has 1 aliphatic rings. The molecule has 0 atom stereocenters. The number of hydrogen-bond donors (Lipinski definition) is 1. The minimum atomic E-state index is 0.00603. The van der Waals surface area contributed by atoms with Crippen LogP contribution < -0.4 is 0 Å². The molecule has 2 rings (SSSR count). The van der Waals surface area contributed by atoms with Crippen LogP contribution in [0, 0.1) is 5.41 Å². The lowest BCUT2D eigenvalue weighted by molar-refractivity contribution is -0.0157. The predicted octanol–water partition coefficient (Wildman–Crippen LogP) is 2.67. The van der Waals surface area contributed by atoms with Crippen molar-refractivity contribution in [3.8, 4) is 0 Å². The third-order valence-electron chi connectivity index (χ3n) is 3.38. The maximum absolute atomic E-state index is 9.58. The Bertz CT molecular complexity index is 328. The van der Waals surface area contributed by atoms with Gasteiger partial charge in [0.25, 0.3) is 0 Å². The number of halogens is 1. The van der Waals surface area contributed by atoms with E-state index < -0.39 is 0 Å². The van der Waals surface area contributed by atoms with Gasteiger partial charge in [-0.15, -0.1) is 0 Å². The summed E-state index contributed by atoms with van der Waals surface area (Å²) in [4.78, 5) is 0. The van der Waals surface area contributed by atoms with Crippen molar-refractivity contribution in [1.29, 1.82) is 0 Å². The number of hydrogen-bond acceptors (Lipinski definition) is 2. The SMILES string of the molecule is OCC1(Cc2ccc(Cl)cc2)CCOCC1. The molecule has 0 amide bonds. The average molecular weight is 241 g/mol. The largest absolute Gasteiger partial charge is 0.396 e. The number of aliphatic hydroxyl groups is 1. The van der Waals surface area contributed by atoms with Gasteiger partial charge in [0.2, 0.25) is 0 Å². The Morgan fingerprint density at radius 2 is 1.81 bits per heavy atom. The van der Waals surface area contributed by atoms with E-state index in [1.165, 1.54) is 5.56 Å². The van der Waals surface area contributed by atoms with Crippen LogP contribution >= 0.6 is 11.6 Å². The second-order valence-corrected chi connectivity index (χ2v) is 5.01. The van der Waals surface area contributed by atoms with Crippen molar-refractivity contribution in [3.05, 3.63) is 34.9 Å². The summed E-state index contributed by atoms with van der Waals surface area (Å²) < 4.78 is 5.35. The fourth-order valence-electron chi connectivity index (χ4n) is 2.23. The molecule has 3 heteroatoms. The normalized spacial score (nSPS) is 19.6. The first-order chi connectivity index (χ1) is 7.74. The van der Waals surface area contributed by atoms with Crippen LogP contribution in [0.2, 0.25) is 5.02 Å². The number of ether oxygens (including phenoxy) is 1. The van der Waals surface area contributed by atoms with Crippen molar-refractivity contribution >= 4 is 11.6 Å². The van der Waals surface area contributed by atoms with Gasteiger partial charge < -0.3 is 9.84 Å². The predicted molar refractivity (Wildman–Crippen MR) is 64.7 cm³/mol. The molecule has 1 aliphatic heterocycles. The van der Waals surface area contributed by atoms with E-state index in [0.717, 1.165) is 37.5 Å². The molecule has 0 aromatic heterocycles. The molecule has 1 fully saturated rings. The molecule has 88 valence electrons. The van der Waals surface area contributed by atoms with Gasteiger partial charge in [0.05, 0.1) is 0 Å². The van der Waals surface area contributed by atoms with Gasteiger partial charge in [-0.3, -0.25) is 0 Å². The first-order valence-electron chi connectivity index (χ1n) is 5.67. The molecule has 0 saturated carbocycles. The van der Waals surface area contributed by atoms with Gasteiger partial charge in [-0.1, -0.05) is 23.7 Å².